The average Bonchev–Trinajstić information content (AvgIpc) is 2.45. The summed E-state index contributed by atoms with van der Waals surface area (Å²) >= 11 is 6.07. The van der Waals surface area contributed by atoms with Crippen molar-refractivity contribution in [2.75, 3.05) is 13.7 Å². The lowest BCUT2D eigenvalue weighted by Crippen LogP contribution is -2.20. The van der Waals surface area contributed by atoms with Gasteiger partial charge in [-0.05, 0) is 57.1 Å². The predicted molar refractivity (Wildman–Crippen MR) is 89.4 cm³/mol. The van der Waals surface area contributed by atoms with Crippen molar-refractivity contribution in [1.82, 2.24) is 5.32 Å². The van der Waals surface area contributed by atoms with Crippen LogP contribution in [0.15, 0.2) is 36.4 Å². The Morgan fingerprint density at radius 2 is 1.86 bits per heavy atom. The molecule has 1 N–H and O–H groups in total. The first-order chi connectivity index (χ1) is 10.1. The first kappa shape index (κ1) is 15.9. The molecule has 0 fully saturated rings. The second-order valence-corrected chi connectivity index (χ2v) is 5.63. The molecule has 0 spiro atoms. The Kier molecular flexibility index (Phi) is 5.27. The third kappa shape index (κ3) is 3.58. The topological polar surface area (TPSA) is 21.3 Å². The second kappa shape index (κ2) is 6.97. The number of ether oxygens (including phenoxy) is 1. The van der Waals surface area contributed by atoms with E-state index in [4.69, 9.17) is 16.3 Å². The number of benzene rings is 2. The zero-order valence-electron chi connectivity index (χ0n) is 13.0. The minimum absolute atomic E-state index is 0.0868. The third-order valence-corrected chi connectivity index (χ3v) is 3.84. The van der Waals surface area contributed by atoms with E-state index in [2.05, 4.69) is 37.4 Å². The zero-order chi connectivity index (χ0) is 15.4. The van der Waals surface area contributed by atoms with Crippen molar-refractivity contribution in [3.8, 4) is 5.75 Å². The molecule has 0 heterocycles. The zero-order valence-corrected chi connectivity index (χ0v) is 13.8. The Bertz CT molecular complexity index is 625. The number of aryl methyl sites for hydroxylation is 2. The highest BCUT2D eigenvalue weighted by atomic mass is 35.5. The summed E-state index contributed by atoms with van der Waals surface area (Å²) in [5, 5.41) is 4.16. The van der Waals surface area contributed by atoms with Crippen molar-refractivity contribution in [3.63, 3.8) is 0 Å². The SMILES string of the molecule is CCOc1ccc(C)cc1C(NC)c1ccc(Cl)cc1C. The molecule has 0 amide bonds. The molecule has 0 saturated carbocycles. The highest BCUT2D eigenvalue weighted by molar-refractivity contribution is 6.30. The molecule has 0 aliphatic heterocycles. The van der Waals surface area contributed by atoms with Gasteiger partial charge in [0.25, 0.3) is 0 Å². The van der Waals surface area contributed by atoms with Crippen LogP contribution in [0.25, 0.3) is 0 Å². The van der Waals surface area contributed by atoms with Crippen LogP contribution < -0.4 is 10.1 Å². The number of nitrogens with one attached hydrogen (secondary N) is 1. The fourth-order valence-electron chi connectivity index (χ4n) is 2.62. The molecule has 1 atom stereocenters. The van der Waals surface area contributed by atoms with Crippen LogP contribution in [-0.4, -0.2) is 13.7 Å². The highest BCUT2D eigenvalue weighted by Gasteiger charge is 2.18. The van der Waals surface area contributed by atoms with E-state index in [0.29, 0.717) is 6.61 Å². The summed E-state index contributed by atoms with van der Waals surface area (Å²) in [6, 6.07) is 12.4. The summed E-state index contributed by atoms with van der Waals surface area (Å²) in [4.78, 5) is 0. The van der Waals surface area contributed by atoms with Crippen molar-refractivity contribution in [2.24, 2.45) is 0 Å². The molecule has 0 aliphatic rings. The molecule has 0 radical (unpaired) electrons. The average molecular weight is 304 g/mol. The summed E-state index contributed by atoms with van der Waals surface area (Å²) in [5.74, 6) is 0.928. The van der Waals surface area contributed by atoms with Crippen molar-refractivity contribution in [2.45, 2.75) is 26.8 Å². The van der Waals surface area contributed by atoms with E-state index < -0.39 is 0 Å². The smallest absolute Gasteiger partial charge is 0.124 e. The molecule has 2 nitrogen and oxygen atoms in total. The van der Waals surface area contributed by atoms with Gasteiger partial charge in [0, 0.05) is 10.6 Å². The Labute approximate surface area is 132 Å². The minimum atomic E-state index is 0.0868. The minimum Gasteiger partial charge on any atom is -0.494 e. The van der Waals surface area contributed by atoms with Crippen LogP contribution in [0.2, 0.25) is 5.02 Å². The van der Waals surface area contributed by atoms with Crippen LogP contribution in [-0.2, 0) is 0 Å². The summed E-state index contributed by atoms with van der Waals surface area (Å²) in [5.41, 5.74) is 4.77. The molecule has 0 bridgehead atoms. The van der Waals surface area contributed by atoms with E-state index in [9.17, 15) is 0 Å². The van der Waals surface area contributed by atoms with E-state index >= 15 is 0 Å². The molecular weight excluding hydrogens is 282 g/mol. The van der Waals surface area contributed by atoms with Crippen LogP contribution in [0.5, 0.6) is 5.75 Å². The van der Waals surface area contributed by atoms with Crippen LogP contribution in [0.1, 0.15) is 35.2 Å². The summed E-state index contributed by atoms with van der Waals surface area (Å²) < 4.78 is 5.79. The summed E-state index contributed by atoms with van der Waals surface area (Å²) in [7, 11) is 1.97. The molecule has 0 saturated heterocycles. The van der Waals surface area contributed by atoms with Crippen molar-refractivity contribution in [1.29, 1.82) is 0 Å². The van der Waals surface area contributed by atoms with Gasteiger partial charge in [-0.15, -0.1) is 0 Å². The lowest BCUT2D eigenvalue weighted by Gasteiger charge is -2.22. The van der Waals surface area contributed by atoms with E-state index in [1.54, 1.807) is 0 Å². The molecule has 112 valence electrons. The largest absolute Gasteiger partial charge is 0.494 e. The summed E-state index contributed by atoms with van der Waals surface area (Å²) in [6.45, 7) is 6.85. The van der Waals surface area contributed by atoms with Crippen molar-refractivity contribution < 1.29 is 4.74 Å². The molecule has 2 aromatic rings. The lowest BCUT2D eigenvalue weighted by atomic mass is 9.93. The van der Waals surface area contributed by atoms with Crippen molar-refractivity contribution in [3.05, 3.63) is 63.7 Å². The first-order valence-corrected chi connectivity index (χ1v) is 7.61. The van der Waals surface area contributed by atoms with Gasteiger partial charge in [0.15, 0.2) is 0 Å². The second-order valence-electron chi connectivity index (χ2n) is 5.20. The normalized spacial score (nSPS) is 12.2. The standard InChI is InChI=1S/C18H22ClNO/c1-5-21-17-9-6-12(2)10-16(17)18(20-4)15-8-7-14(19)11-13(15)3/h6-11,18,20H,5H2,1-4H3. The maximum Gasteiger partial charge on any atom is 0.124 e. The van der Waals surface area contributed by atoms with Gasteiger partial charge in [0.1, 0.15) is 5.75 Å². The molecule has 2 aromatic carbocycles. The molecule has 0 aliphatic carbocycles. The van der Waals surface area contributed by atoms with E-state index in [0.717, 1.165) is 16.3 Å². The van der Waals surface area contributed by atoms with Gasteiger partial charge in [-0.25, -0.2) is 0 Å². The quantitative estimate of drug-likeness (QED) is 0.867. The van der Waals surface area contributed by atoms with Gasteiger partial charge in [-0.3, -0.25) is 0 Å². The monoisotopic (exact) mass is 303 g/mol. The first-order valence-electron chi connectivity index (χ1n) is 7.23. The number of rotatable bonds is 5. The van der Waals surface area contributed by atoms with Crippen LogP contribution in [0.4, 0.5) is 0 Å². The third-order valence-electron chi connectivity index (χ3n) is 3.61. The van der Waals surface area contributed by atoms with Gasteiger partial charge in [0.05, 0.1) is 12.6 Å². The number of halogens is 1. The Morgan fingerprint density at radius 1 is 1.10 bits per heavy atom. The van der Waals surface area contributed by atoms with Crippen molar-refractivity contribution >= 4 is 11.6 Å². The lowest BCUT2D eigenvalue weighted by molar-refractivity contribution is 0.334. The molecule has 2 rings (SSSR count). The Balaban J connectivity index is 2.52. The number of hydrogen-bond acceptors (Lipinski definition) is 2. The highest BCUT2D eigenvalue weighted by Crippen LogP contribution is 2.33. The molecular formula is C18H22ClNO. The summed E-state index contributed by atoms with van der Waals surface area (Å²) in [6.07, 6.45) is 0. The molecule has 3 heteroatoms. The van der Waals surface area contributed by atoms with E-state index in [1.165, 1.54) is 16.7 Å². The van der Waals surface area contributed by atoms with Crippen LogP contribution in [0, 0.1) is 13.8 Å². The maximum absolute atomic E-state index is 6.07. The van der Waals surface area contributed by atoms with Gasteiger partial charge >= 0.3 is 0 Å². The fourth-order valence-corrected chi connectivity index (χ4v) is 2.85. The molecule has 21 heavy (non-hydrogen) atoms. The Hall–Kier alpha value is -1.51. The fraction of sp³-hybridized carbons (Fsp3) is 0.333. The van der Waals surface area contributed by atoms with Gasteiger partial charge in [-0.2, -0.15) is 0 Å². The predicted octanol–water partition coefficient (Wildman–Crippen LogP) is 4.66. The van der Waals surface area contributed by atoms with E-state index in [1.807, 2.05) is 32.2 Å². The number of hydrogen-bond donors (Lipinski definition) is 1. The molecule has 1 unspecified atom stereocenters. The Morgan fingerprint density at radius 3 is 2.48 bits per heavy atom. The maximum atomic E-state index is 6.07. The van der Waals surface area contributed by atoms with Gasteiger partial charge in [-0.1, -0.05) is 35.4 Å². The van der Waals surface area contributed by atoms with Gasteiger partial charge < -0.3 is 10.1 Å². The van der Waals surface area contributed by atoms with Gasteiger partial charge in [0.2, 0.25) is 0 Å². The van der Waals surface area contributed by atoms with Crippen LogP contribution in [0.3, 0.4) is 0 Å². The van der Waals surface area contributed by atoms with E-state index in [-0.39, 0.29) is 6.04 Å². The van der Waals surface area contributed by atoms with Crippen LogP contribution >= 0.6 is 11.6 Å². The molecule has 0 aromatic heterocycles.